The summed E-state index contributed by atoms with van der Waals surface area (Å²) in [7, 11) is 0. The summed E-state index contributed by atoms with van der Waals surface area (Å²) in [6.45, 7) is 8.37. The molecule has 3 heteroatoms. The van der Waals surface area contributed by atoms with Crippen molar-refractivity contribution in [3.8, 4) is 0 Å². The van der Waals surface area contributed by atoms with Gasteiger partial charge in [-0.1, -0.05) is 26.8 Å². The molecule has 0 aliphatic carbocycles. The molecule has 2 rings (SSSR count). The van der Waals surface area contributed by atoms with Gasteiger partial charge in [-0.05, 0) is 25.0 Å². The second kappa shape index (κ2) is 3.99. The number of carbonyl (C=O) groups excluding carboxylic acids is 1. The molecular weight excluding hydrogens is 212 g/mol. The molecule has 0 saturated carbocycles. The van der Waals surface area contributed by atoms with Gasteiger partial charge in [0.2, 0.25) is 0 Å². The molecule has 0 bridgehead atoms. The van der Waals surface area contributed by atoms with Gasteiger partial charge < -0.3 is 0 Å². The monoisotopic (exact) mass is 230 g/mol. The number of pyridine rings is 1. The third kappa shape index (κ3) is 1.75. The third-order valence-corrected chi connectivity index (χ3v) is 3.52. The first-order valence-electron chi connectivity index (χ1n) is 5.94. The number of rotatable bonds is 3. The van der Waals surface area contributed by atoms with Crippen LogP contribution in [0, 0.1) is 6.92 Å². The molecule has 0 radical (unpaired) electrons. The zero-order valence-electron chi connectivity index (χ0n) is 10.8. The summed E-state index contributed by atoms with van der Waals surface area (Å²) in [5.41, 5.74) is 3.47. The number of fused-ring (bicyclic) bond motifs is 1. The van der Waals surface area contributed by atoms with Crippen LogP contribution in [0.3, 0.4) is 0 Å². The van der Waals surface area contributed by atoms with Gasteiger partial charge in [-0.3, -0.25) is 9.20 Å². The van der Waals surface area contributed by atoms with E-state index in [0.717, 1.165) is 29.6 Å². The first-order chi connectivity index (χ1) is 8.01. The lowest BCUT2D eigenvalue weighted by atomic mass is 9.85. The number of aryl methyl sites for hydroxylation is 1. The fourth-order valence-corrected chi connectivity index (χ4v) is 2.00. The SMILES string of the molecule is CCC(C)(C)c1nc2c(C)cccn2c1C=O. The summed E-state index contributed by atoms with van der Waals surface area (Å²) in [5.74, 6) is 0. The maximum atomic E-state index is 11.3. The van der Waals surface area contributed by atoms with Crippen LogP contribution < -0.4 is 0 Å². The maximum absolute atomic E-state index is 11.3. The molecule has 90 valence electrons. The Balaban J connectivity index is 2.81. The molecule has 0 N–H and O–H groups in total. The molecule has 3 nitrogen and oxygen atoms in total. The summed E-state index contributed by atoms with van der Waals surface area (Å²) in [6, 6.07) is 3.96. The Morgan fingerprint density at radius 1 is 1.47 bits per heavy atom. The summed E-state index contributed by atoms with van der Waals surface area (Å²) < 4.78 is 1.88. The zero-order chi connectivity index (χ0) is 12.6. The van der Waals surface area contributed by atoms with Crippen molar-refractivity contribution in [2.75, 3.05) is 0 Å². The molecule has 0 aromatic carbocycles. The van der Waals surface area contributed by atoms with Gasteiger partial charge in [0.25, 0.3) is 0 Å². The van der Waals surface area contributed by atoms with Gasteiger partial charge in [-0.15, -0.1) is 0 Å². The van der Waals surface area contributed by atoms with Gasteiger partial charge in [0.1, 0.15) is 11.3 Å². The second-order valence-electron chi connectivity index (χ2n) is 5.09. The highest BCUT2D eigenvalue weighted by molar-refractivity contribution is 5.77. The molecule has 2 aromatic heterocycles. The molecule has 17 heavy (non-hydrogen) atoms. The molecule has 0 spiro atoms. The highest BCUT2D eigenvalue weighted by Gasteiger charge is 2.26. The van der Waals surface area contributed by atoms with Crippen LogP contribution in [-0.4, -0.2) is 15.7 Å². The minimum absolute atomic E-state index is 0.0747. The van der Waals surface area contributed by atoms with Crippen molar-refractivity contribution in [1.29, 1.82) is 0 Å². The van der Waals surface area contributed by atoms with E-state index >= 15 is 0 Å². The maximum Gasteiger partial charge on any atom is 0.168 e. The minimum atomic E-state index is -0.0747. The van der Waals surface area contributed by atoms with Crippen molar-refractivity contribution in [2.24, 2.45) is 0 Å². The molecule has 0 fully saturated rings. The van der Waals surface area contributed by atoms with Crippen LogP contribution in [0.1, 0.15) is 48.9 Å². The quantitative estimate of drug-likeness (QED) is 0.759. The van der Waals surface area contributed by atoms with E-state index in [4.69, 9.17) is 0 Å². The molecule has 0 saturated heterocycles. The van der Waals surface area contributed by atoms with Crippen LogP contribution in [0.25, 0.3) is 5.65 Å². The van der Waals surface area contributed by atoms with Crippen molar-refractivity contribution >= 4 is 11.9 Å². The molecule has 0 atom stereocenters. The van der Waals surface area contributed by atoms with Crippen LogP contribution in [0.4, 0.5) is 0 Å². The van der Waals surface area contributed by atoms with Gasteiger partial charge in [0, 0.05) is 11.6 Å². The Kier molecular flexibility index (Phi) is 2.77. The van der Waals surface area contributed by atoms with Crippen LogP contribution in [0.15, 0.2) is 18.3 Å². The molecule has 0 aliphatic heterocycles. The number of aldehydes is 1. The van der Waals surface area contributed by atoms with Gasteiger partial charge in [0.05, 0.1) is 5.69 Å². The lowest BCUT2D eigenvalue weighted by molar-refractivity contribution is 0.111. The van der Waals surface area contributed by atoms with Crippen molar-refractivity contribution < 1.29 is 4.79 Å². The van der Waals surface area contributed by atoms with Gasteiger partial charge in [-0.25, -0.2) is 4.98 Å². The van der Waals surface area contributed by atoms with E-state index in [1.165, 1.54) is 0 Å². The van der Waals surface area contributed by atoms with E-state index in [0.29, 0.717) is 5.69 Å². The highest BCUT2D eigenvalue weighted by Crippen LogP contribution is 2.29. The predicted molar refractivity (Wildman–Crippen MR) is 68.6 cm³/mol. The standard InChI is InChI=1S/C14H18N2O/c1-5-14(3,4)12-11(9-17)16-8-6-7-10(2)13(16)15-12/h6-9H,5H2,1-4H3. The Labute approximate surface area is 101 Å². The molecule has 0 unspecified atom stereocenters. The fourth-order valence-electron chi connectivity index (χ4n) is 2.00. The Morgan fingerprint density at radius 2 is 2.18 bits per heavy atom. The minimum Gasteiger partial charge on any atom is -0.297 e. The molecule has 0 aliphatic rings. The third-order valence-electron chi connectivity index (χ3n) is 3.52. The first kappa shape index (κ1) is 11.8. The van der Waals surface area contributed by atoms with Crippen molar-refractivity contribution in [1.82, 2.24) is 9.38 Å². The van der Waals surface area contributed by atoms with Crippen LogP contribution in [-0.2, 0) is 5.41 Å². The average Bonchev–Trinajstić information content (AvgIpc) is 2.69. The van der Waals surface area contributed by atoms with Crippen molar-refractivity contribution in [3.63, 3.8) is 0 Å². The molecule has 2 aromatic rings. The summed E-state index contributed by atoms with van der Waals surface area (Å²) in [6.07, 6.45) is 3.76. The number of hydrogen-bond acceptors (Lipinski definition) is 2. The number of imidazole rings is 1. The summed E-state index contributed by atoms with van der Waals surface area (Å²) in [4.78, 5) is 16.0. The fraction of sp³-hybridized carbons (Fsp3) is 0.429. The van der Waals surface area contributed by atoms with Gasteiger partial charge in [-0.2, -0.15) is 0 Å². The topological polar surface area (TPSA) is 34.4 Å². The molecular formula is C14H18N2O. The highest BCUT2D eigenvalue weighted by atomic mass is 16.1. The normalized spacial score (nSPS) is 12.0. The van der Waals surface area contributed by atoms with E-state index in [1.54, 1.807) is 0 Å². The van der Waals surface area contributed by atoms with Crippen LogP contribution in [0.5, 0.6) is 0 Å². The zero-order valence-corrected chi connectivity index (χ0v) is 10.8. The average molecular weight is 230 g/mol. The van der Waals surface area contributed by atoms with Crippen molar-refractivity contribution in [2.45, 2.75) is 39.5 Å². The second-order valence-corrected chi connectivity index (χ2v) is 5.09. The van der Waals surface area contributed by atoms with E-state index in [1.807, 2.05) is 29.7 Å². The molecule has 0 amide bonds. The van der Waals surface area contributed by atoms with E-state index in [9.17, 15) is 4.79 Å². The van der Waals surface area contributed by atoms with E-state index < -0.39 is 0 Å². The Bertz CT molecular complexity index is 567. The summed E-state index contributed by atoms with van der Waals surface area (Å²) in [5, 5.41) is 0. The van der Waals surface area contributed by atoms with Crippen LogP contribution in [0.2, 0.25) is 0 Å². The lowest BCUT2D eigenvalue weighted by Gasteiger charge is -2.20. The number of hydrogen-bond donors (Lipinski definition) is 0. The van der Waals surface area contributed by atoms with Crippen molar-refractivity contribution in [3.05, 3.63) is 35.3 Å². The van der Waals surface area contributed by atoms with Gasteiger partial charge >= 0.3 is 0 Å². The molecule has 2 heterocycles. The number of nitrogens with zero attached hydrogens (tertiary/aromatic N) is 2. The smallest absolute Gasteiger partial charge is 0.168 e. The largest absolute Gasteiger partial charge is 0.297 e. The van der Waals surface area contributed by atoms with E-state index in [-0.39, 0.29) is 5.41 Å². The predicted octanol–water partition coefficient (Wildman–Crippen LogP) is 3.14. The summed E-state index contributed by atoms with van der Waals surface area (Å²) >= 11 is 0. The van der Waals surface area contributed by atoms with Crippen LogP contribution >= 0.6 is 0 Å². The Morgan fingerprint density at radius 3 is 2.76 bits per heavy atom. The van der Waals surface area contributed by atoms with E-state index in [2.05, 4.69) is 25.8 Å². The lowest BCUT2D eigenvalue weighted by Crippen LogP contribution is -2.18. The number of carbonyl (C=O) groups is 1. The number of aromatic nitrogens is 2. The van der Waals surface area contributed by atoms with Gasteiger partial charge in [0.15, 0.2) is 6.29 Å². The first-order valence-corrected chi connectivity index (χ1v) is 5.94. The Hall–Kier alpha value is -1.64.